The molecule has 0 unspecified atom stereocenters. The Hall–Kier alpha value is -1.44. The molecule has 0 atom stereocenters. The van der Waals surface area contributed by atoms with Crippen molar-refractivity contribution in [3.8, 4) is 0 Å². The van der Waals surface area contributed by atoms with Crippen molar-refractivity contribution in [2.45, 2.75) is 30.7 Å². The molecule has 0 aliphatic heterocycles. The molecule has 2 aromatic rings. The van der Waals surface area contributed by atoms with Crippen molar-refractivity contribution in [1.29, 1.82) is 0 Å². The number of nitrogens with one attached hydrogen (secondary N) is 2. The Labute approximate surface area is 128 Å². The van der Waals surface area contributed by atoms with E-state index in [2.05, 4.69) is 15.0 Å². The SMILES string of the molecule is CNCc1cccc(S(=O)(=O)Nc2nc3c(s2)CCC3)c1. The largest absolute Gasteiger partial charge is 0.316 e. The highest BCUT2D eigenvalue weighted by Crippen LogP contribution is 2.31. The lowest BCUT2D eigenvalue weighted by molar-refractivity contribution is 0.601. The molecule has 0 amide bonds. The van der Waals surface area contributed by atoms with Gasteiger partial charge in [-0.1, -0.05) is 12.1 Å². The first kappa shape index (κ1) is 14.5. The minimum absolute atomic E-state index is 0.269. The first-order chi connectivity index (χ1) is 10.1. The van der Waals surface area contributed by atoms with Crippen molar-refractivity contribution in [1.82, 2.24) is 10.3 Å². The minimum Gasteiger partial charge on any atom is -0.316 e. The second-order valence-corrected chi connectivity index (χ2v) is 7.79. The monoisotopic (exact) mass is 323 g/mol. The van der Waals surface area contributed by atoms with Crippen LogP contribution in [0.15, 0.2) is 29.2 Å². The molecule has 21 heavy (non-hydrogen) atoms. The van der Waals surface area contributed by atoms with E-state index in [1.807, 2.05) is 13.1 Å². The summed E-state index contributed by atoms with van der Waals surface area (Å²) in [5.41, 5.74) is 1.98. The number of hydrogen-bond donors (Lipinski definition) is 2. The molecule has 1 aliphatic rings. The predicted octanol–water partition coefficient (Wildman–Crippen LogP) is 2.15. The summed E-state index contributed by atoms with van der Waals surface area (Å²) in [6.45, 7) is 0.634. The zero-order valence-corrected chi connectivity index (χ0v) is 13.4. The summed E-state index contributed by atoms with van der Waals surface area (Å²) in [5, 5.41) is 3.48. The maximum Gasteiger partial charge on any atom is 0.263 e. The molecule has 0 radical (unpaired) electrons. The van der Waals surface area contributed by atoms with Crippen molar-refractivity contribution in [2.24, 2.45) is 0 Å². The highest BCUT2D eigenvalue weighted by molar-refractivity contribution is 7.93. The molecule has 1 aromatic carbocycles. The Morgan fingerprint density at radius 1 is 1.33 bits per heavy atom. The Kier molecular flexibility index (Phi) is 3.97. The van der Waals surface area contributed by atoms with Crippen LogP contribution in [0.4, 0.5) is 5.13 Å². The lowest BCUT2D eigenvalue weighted by Gasteiger charge is -2.07. The van der Waals surface area contributed by atoms with Crippen LogP contribution in [0.5, 0.6) is 0 Å². The number of nitrogens with zero attached hydrogens (tertiary/aromatic N) is 1. The van der Waals surface area contributed by atoms with E-state index in [1.165, 1.54) is 16.2 Å². The first-order valence-electron chi connectivity index (χ1n) is 6.83. The molecule has 0 spiro atoms. The zero-order chi connectivity index (χ0) is 14.9. The molecule has 0 saturated heterocycles. The summed E-state index contributed by atoms with van der Waals surface area (Å²) in [7, 11) is -1.74. The molecule has 7 heteroatoms. The molecule has 3 rings (SSSR count). The summed E-state index contributed by atoms with van der Waals surface area (Å²) >= 11 is 1.44. The number of anilines is 1. The van der Waals surface area contributed by atoms with Crippen LogP contribution < -0.4 is 10.0 Å². The maximum atomic E-state index is 12.4. The van der Waals surface area contributed by atoms with E-state index >= 15 is 0 Å². The fourth-order valence-electron chi connectivity index (χ4n) is 2.43. The van der Waals surface area contributed by atoms with Gasteiger partial charge in [-0.3, -0.25) is 4.72 Å². The van der Waals surface area contributed by atoms with E-state index in [1.54, 1.807) is 18.2 Å². The van der Waals surface area contributed by atoms with Gasteiger partial charge in [0.05, 0.1) is 10.6 Å². The van der Waals surface area contributed by atoms with Gasteiger partial charge in [0.2, 0.25) is 0 Å². The van der Waals surface area contributed by atoms with Gasteiger partial charge in [-0.05, 0) is 44.0 Å². The topological polar surface area (TPSA) is 71.1 Å². The van der Waals surface area contributed by atoms with Crippen LogP contribution >= 0.6 is 11.3 Å². The van der Waals surface area contributed by atoms with Crippen molar-refractivity contribution < 1.29 is 8.42 Å². The molecule has 0 saturated carbocycles. The van der Waals surface area contributed by atoms with Crippen LogP contribution in [0.2, 0.25) is 0 Å². The maximum absolute atomic E-state index is 12.4. The molecule has 1 heterocycles. The molecular weight excluding hydrogens is 306 g/mol. The molecule has 2 N–H and O–H groups in total. The van der Waals surface area contributed by atoms with Crippen LogP contribution in [-0.2, 0) is 29.4 Å². The average Bonchev–Trinajstić information content (AvgIpc) is 3.00. The average molecular weight is 323 g/mol. The first-order valence-corrected chi connectivity index (χ1v) is 9.13. The summed E-state index contributed by atoms with van der Waals surface area (Å²) in [4.78, 5) is 5.85. The van der Waals surface area contributed by atoms with Gasteiger partial charge in [0.1, 0.15) is 0 Å². The predicted molar refractivity (Wildman–Crippen MR) is 84.2 cm³/mol. The minimum atomic E-state index is -3.57. The second-order valence-electron chi connectivity index (χ2n) is 5.03. The molecule has 0 fully saturated rings. The quantitative estimate of drug-likeness (QED) is 0.884. The van der Waals surface area contributed by atoms with E-state index in [0.717, 1.165) is 30.5 Å². The van der Waals surface area contributed by atoms with E-state index in [4.69, 9.17) is 0 Å². The number of thiazole rings is 1. The van der Waals surface area contributed by atoms with Gasteiger partial charge in [-0.15, -0.1) is 11.3 Å². The lowest BCUT2D eigenvalue weighted by atomic mass is 10.2. The van der Waals surface area contributed by atoms with Gasteiger partial charge >= 0.3 is 0 Å². The highest BCUT2D eigenvalue weighted by Gasteiger charge is 2.21. The molecule has 5 nitrogen and oxygen atoms in total. The van der Waals surface area contributed by atoms with Crippen molar-refractivity contribution >= 4 is 26.5 Å². The third-order valence-electron chi connectivity index (χ3n) is 3.41. The number of benzene rings is 1. The number of aryl methyl sites for hydroxylation is 2. The number of aromatic nitrogens is 1. The Bertz CT molecular complexity index is 732. The Morgan fingerprint density at radius 2 is 2.19 bits per heavy atom. The summed E-state index contributed by atoms with van der Waals surface area (Å²) in [5.74, 6) is 0. The summed E-state index contributed by atoms with van der Waals surface area (Å²) in [6, 6.07) is 6.93. The summed E-state index contributed by atoms with van der Waals surface area (Å²) < 4.78 is 27.4. The van der Waals surface area contributed by atoms with Crippen LogP contribution in [0.3, 0.4) is 0 Å². The zero-order valence-electron chi connectivity index (χ0n) is 11.7. The second kappa shape index (κ2) is 5.75. The Balaban J connectivity index is 1.84. The number of fused-ring (bicyclic) bond motifs is 1. The third-order valence-corrected chi connectivity index (χ3v) is 5.95. The van der Waals surface area contributed by atoms with Crippen molar-refractivity contribution in [3.63, 3.8) is 0 Å². The number of sulfonamides is 1. The van der Waals surface area contributed by atoms with Crippen LogP contribution in [-0.4, -0.2) is 20.4 Å². The van der Waals surface area contributed by atoms with Gasteiger partial charge in [0.15, 0.2) is 5.13 Å². The summed E-state index contributed by atoms with van der Waals surface area (Å²) in [6.07, 6.45) is 3.07. The van der Waals surface area contributed by atoms with Gasteiger partial charge < -0.3 is 5.32 Å². The van der Waals surface area contributed by atoms with Crippen molar-refractivity contribution in [2.75, 3.05) is 11.8 Å². The number of rotatable bonds is 5. The van der Waals surface area contributed by atoms with Crippen LogP contribution in [0, 0.1) is 0 Å². The highest BCUT2D eigenvalue weighted by atomic mass is 32.2. The van der Waals surface area contributed by atoms with Gasteiger partial charge in [-0.2, -0.15) is 0 Å². The standard InChI is InChI=1S/C14H17N3O2S2/c1-15-9-10-4-2-5-11(8-10)21(18,19)17-14-16-12-6-3-7-13(12)20-14/h2,4-5,8,15H,3,6-7,9H2,1H3,(H,16,17). The fraction of sp³-hybridized carbons (Fsp3) is 0.357. The van der Waals surface area contributed by atoms with E-state index in [9.17, 15) is 8.42 Å². The van der Waals surface area contributed by atoms with Gasteiger partial charge in [0, 0.05) is 11.4 Å². The molecule has 0 bridgehead atoms. The fourth-order valence-corrected chi connectivity index (χ4v) is 4.79. The van der Waals surface area contributed by atoms with Gasteiger partial charge in [-0.25, -0.2) is 13.4 Å². The smallest absolute Gasteiger partial charge is 0.263 e. The molecule has 1 aliphatic carbocycles. The molecule has 112 valence electrons. The Morgan fingerprint density at radius 3 is 2.95 bits per heavy atom. The third kappa shape index (κ3) is 3.09. The van der Waals surface area contributed by atoms with E-state index in [0.29, 0.717) is 11.7 Å². The van der Waals surface area contributed by atoms with E-state index < -0.39 is 10.0 Å². The molecular formula is C14H17N3O2S2. The van der Waals surface area contributed by atoms with Crippen molar-refractivity contribution in [3.05, 3.63) is 40.4 Å². The van der Waals surface area contributed by atoms with E-state index in [-0.39, 0.29) is 4.90 Å². The molecule has 1 aromatic heterocycles. The van der Waals surface area contributed by atoms with Crippen LogP contribution in [0.1, 0.15) is 22.6 Å². The van der Waals surface area contributed by atoms with Crippen LogP contribution in [0.25, 0.3) is 0 Å². The lowest BCUT2D eigenvalue weighted by Crippen LogP contribution is -2.14. The van der Waals surface area contributed by atoms with Gasteiger partial charge in [0.25, 0.3) is 10.0 Å². The normalized spacial score (nSPS) is 14.1. The number of hydrogen-bond acceptors (Lipinski definition) is 5.